The van der Waals surface area contributed by atoms with Gasteiger partial charge in [-0.2, -0.15) is 0 Å². The Bertz CT molecular complexity index is 340. The smallest absolute Gasteiger partial charge is 0.191 e. The van der Waals surface area contributed by atoms with Crippen molar-refractivity contribution in [2.24, 2.45) is 4.99 Å². The van der Waals surface area contributed by atoms with Gasteiger partial charge in [-0.1, -0.05) is 12.8 Å². The van der Waals surface area contributed by atoms with Crippen LogP contribution in [-0.4, -0.2) is 18.5 Å². The number of aliphatic imine (C=N–C) groups is 1. The van der Waals surface area contributed by atoms with Crippen LogP contribution in [-0.2, 0) is 6.54 Å². The van der Waals surface area contributed by atoms with Crippen molar-refractivity contribution < 1.29 is 4.42 Å². The molecule has 1 fully saturated rings. The van der Waals surface area contributed by atoms with Crippen molar-refractivity contribution in [1.82, 2.24) is 10.6 Å². The number of nitrogens with zero attached hydrogens (tertiary/aromatic N) is 1. The zero-order valence-electron chi connectivity index (χ0n) is 10.4. The number of hydrogen-bond donors (Lipinski definition) is 2. The van der Waals surface area contributed by atoms with E-state index < -0.39 is 0 Å². The Morgan fingerprint density at radius 2 is 2.29 bits per heavy atom. The second-order valence-corrected chi connectivity index (χ2v) is 4.40. The Morgan fingerprint density at radius 1 is 1.47 bits per heavy atom. The molecular weight excluding hydrogens is 214 g/mol. The van der Waals surface area contributed by atoms with E-state index in [1.807, 2.05) is 12.1 Å². The first-order chi connectivity index (χ1) is 8.38. The van der Waals surface area contributed by atoms with Gasteiger partial charge >= 0.3 is 0 Å². The second-order valence-electron chi connectivity index (χ2n) is 4.40. The van der Waals surface area contributed by atoms with Crippen LogP contribution in [0, 0.1) is 0 Å². The molecule has 4 nitrogen and oxygen atoms in total. The summed E-state index contributed by atoms with van der Waals surface area (Å²) in [4.78, 5) is 4.52. The minimum atomic E-state index is 0.587. The van der Waals surface area contributed by atoms with Gasteiger partial charge in [0.2, 0.25) is 0 Å². The normalized spacial score (nSPS) is 17.4. The predicted octanol–water partition coefficient (Wildman–Crippen LogP) is 2.28. The lowest BCUT2D eigenvalue weighted by Crippen LogP contribution is -2.42. The van der Waals surface area contributed by atoms with Gasteiger partial charge in [0, 0.05) is 12.6 Å². The number of guanidine groups is 1. The molecule has 0 saturated heterocycles. The summed E-state index contributed by atoms with van der Waals surface area (Å²) in [6, 6.07) is 4.43. The van der Waals surface area contributed by atoms with E-state index in [0.717, 1.165) is 18.3 Å². The molecule has 2 rings (SSSR count). The van der Waals surface area contributed by atoms with Crippen LogP contribution in [0.5, 0.6) is 0 Å². The van der Waals surface area contributed by atoms with Gasteiger partial charge in [0.1, 0.15) is 12.3 Å². The SMILES string of the molecule is CCNC(=NCc1ccco1)NC1CCCC1. The lowest BCUT2D eigenvalue weighted by Gasteiger charge is -2.16. The van der Waals surface area contributed by atoms with Crippen LogP contribution in [0.1, 0.15) is 38.4 Å². The molecule has 2 N–H and O–H groups in total. The van der Waals surface area contributed by atoms with Crippen LogP contribution in [0.4, 0.5) is 0 Å². The van der Waals surface area contributed by atoms with Crippen molar-refractivity contribution in [2.75, 3.05) is 6.54 Å². The van der Waals surface area contributed by atoms with Gasteiger partial charge in [-0.05, 0) is 31.9 Å². The maximum Gasteiger partial charge on any atom is 0.191 e. The third-order valence-corrected chi connectivity index (χ3v) is 3.01. The topological polar surface area (TPSA) is 49.6 Å². The molecule has 0 bridgehead atoms. The molecule has 1 aliphatic rings. The Balaban J connectivity index is 1.88. The first-order valence-corrected chi connectivity index (χ1v) is 6.45. The summed E-state index contributed by atoms with van der Waals surface area (Å²) in [7, 11) is 0. The molecule has 0 radical (unpaired) electrons. The highest BCUT2D eigenvalue weighted by Crippen LogP contribution is 2.17. The van der Waals surface area contributed by atoms with E-state index >= 15 is 0 Å². The van der Waals surface area contributed by atoms with Crippen LogP contribution in [0.15, 0.2) is 27.8 Å². The molecule has 1 saturated carbocycles. The van der Waals surface area contributed by atoms with Crippen LogP contribution in [0.25, 0.3) is 0 Å². The largest absolute Gasteiger partial charge is 0.467 e. The molecule has 0 spiro atoms. The average Bonchev–Trinajstić information content (AvgIpc) is 2.99. The Morgan fingerprint density at radius 3 is 2.94 bits per heavy atom. The maximum atomic E-state index is 5.27. The first kappa shape index (κ1) is 12.0. The summed E-state index contributed by atoms with van der Waals surface area (Å²) in [6.45, 7) is 3.56. The van der Waals surface area contributed by atoms with Gasteiger partial charge in [0.05, 0.1) is 6.26 Å². The van der Waals surface area contributed by atoms with E-state index in [2.05, 4.69) is 22.5 Å². The molecule has 1 aliphatic carbocycles. The molecule has 0 unspecified atom stereocenters. The van der Waals surface area contributed by atoms with Gasteiger partial charge in [0.15, 0.2) is 5.96 Å². The van der Waals surface area contributed by atoms with E-state index in [9.17, 15) is 0 Å². The van der Waals surface area contributed by atoms with Crippen LogP contribution in [0.3, 0.4) is 0 Å². The minimum absolute atomic E-state index is 0.587. The van der Waals surface area contributed by atoms with Gasteiger partial charge in [-0.25, -0.2) is 4.99 Å². The highest BCUT2D eigenvalue weighted by molar-refractivity contribution is 5.80. The molecule has 0 aliphatic heterocycles. The summed E-state index contributed by atoms with van der Waals surface area (Å²) in [5.74, 6) is 1.80. The first-order valence-electron chi connectivity index (χ1n) is 6.45. The van der Waals surface area contributed by atoms with Crippen LogP contribution >= 0.6 is 0 Å². The highest BCUT2D eigenvalue weighted by atomic mass is 16.3. The molecule has 1 aromatic heterocycles. The Hall–Kier alpha value is -1.45. The quantitative estimate of drug-likeness (QED) is 0.622. The summed E-state index contributed by atoms with van der Waals surface area (Å²) in [5.41, 5.74) is 0. The number of rotatable bonds is 4. The number of nitrogens with one attached hydrogen (secondary N) is 2. The summed E-state index contributed by atoms with van der Waals surface area (Å²) in [5, 5.41) is 6.75. The predicted molar refractivity (Wildman–Crippen MR) is 68.9 cm³/mol. The fraction of sp³-hybridized carbons (Fsp3) is 0.615. The van der Waals surface area contributed by atoms with E-state index in [1.54, 1.807) is 6.26 Å². The molecule has 1 aromatic rings. The molecule has 1 heterocycles. The van der Waals surface area contributed by atoms with Crippen LogP contribution in [0.2, 0.25) is 0 Å². The van der Waals surface area contributed by atoms with Crippen molar-refractivity contribution in [1.29, 1.82) is 0 Å². The van der Waals surface area contributed by atoms with Crippen molar-refractivity contribution in [3.05, 3.63) is 24.2 Å². The maximum absolute atomic E-state index is 5.27. The van der Waals surface area contributed by atoms with E-state index in [1.165, 1.54) is 25.7 Å². The molecule has 0 atom stereocenters. The van der Waals surface area contributed by atoms with Gasteiger partial charge in [-0.15, -0.1) is 0 Å². The summed E-state index contributed by atoms with van der Waals surface area (Å²) >= 11 is 0. The fourth-order valence-electron chi connectivity index (χ4n) is 2.14. The lowest BCUT2D eigenvalue weighted by atomic mass is 10.2. The van der Waals surface area contributed by atoms with Crippen molar-refractivity contribution in [3.8, 4) is 0 Å². The highest BCUT2D eigenvalue weighted by Gasteiger charge is 2.15. The molecule has 17 heavy (non-hydrogen) atoms. The zero-order valence-corrected chi connectivity index (χ0v) is 10.4. The van der Waals surface area contributed by atoms with Crippen LogP contribution < -0.4 is 10.6 Å². The second kappa shape index (κ2) is 6.33. The van der Waals surface area contributed by atoms with Gasteiger partial charge in [0.25, 0.3) is 0 Å². The van der Waals surface area contributed by atoms with Crippen molar-refractivity contribution in [3.63, 3.8) is 0 Å². The van der Waals surface area contributed by atoms with Crippen molar-refractivity contribution >= 4 is 5.96 Å². The Kier molecular flexibility index (Phi) is 4.47. The van der Waals surface area contributed by atoms with E-state index in [-0.39, 0.29) is 0 Å². The molecule has 0 amide bonds. The summed E-state index contributed by atoms with van der Waals surface area (Å²) < 4.78 is 5.27. The van der Waals surface area contributed by atoms with Gasteiger partial charge in [-0.3, -0.25) is 0 Å². The molecule has 4 heteroatoms. The average molecular weight is 235 g/mol. The lowest BCUT2D eigenvalue weighted by molar-refractivity contribution is 0.511. The number of hydrogen-bond acceptors (Lipinski definition) is 2. The minimum Gasteiger partial charge on any atom is -0.467 e. The molecule has 94 valence electrons. The third-order valence-electron chi connectivity index (χ3n) is 3.01. The third kappa shape index (κ3) is 3.80. The summed E-state index contributed by atoms with van der Waals surface area (Å²) in [6.07, 6.45) is 6.85. The Labute approximate surface area is 102 Å². The van der Waals surface area contributed by atoms with Crippen molar-refractivity contribution in [2.45, 2.75) is 45.2 Å². The molecular formula is C13H21N3O. The fourth-order valence-corrected chi connectivity index (χ4v) is 2.14. The number of furan rings is 1. The molecule has 0 aromatic carbocycles. The van der Waals surface area contributed by atoms with E-state index in [4.69, 9.17) is 4.42 Å². The zero-order chi connectivity index (χ0) is 11.9. The van der Waals surface area contributed by atoms with Gasteiger partial charge < -0.3 is 15.1 Å². The standard InChI is InChI=1S/C13H21N3O/c1-2-14-13(16-11-6-3-4-7-11)15-10-12-8-5-9-17-12/h5,8-9,11H,2-4,6-7,10H2,1H3,(H2,14,15,16). The van der Waals surface area contributed by atoms with E-state index in [0.29, 0.717) is 12.6 Å². The monoisotopic (exact) mass is 235 g/mol.